The van der Waals surface area contributed by atoms with Gasteiger partial charge in [-0.15, -0.1) is 0 Å². The Balaban J connectivity index is 2.12. The lowest BCUT2D eigenvalue weighted by Gasteiger charge is -2.04. The first-order valence-electron chi connectivity index (χ1n) is 6.82. The van der Waals surface area contributed by atoms with E-state index in [0.29, 0.717) is 0 Å². The van der Waals surface area contributed by atoms with E-state index in [1.807, 2.05) is 6.92 Å². The number of rotatable bonds is 6. The number of nitro groups is 2. The molecule has 24 heavy (non-hydrogen) atoms. The Morgan fingerprint density at radius 3 is 2.38 bits per heavy atom. The molecule has 2 rings (SSSR count). The van der Waals surface area contributed by atoms with E-state index in [0.717, 1.165) is 15.9 Å². The third-order valence-electron chi connectivity index (χ3n) is 3.62. The monoisotopic (exact) mass is 337 g/mol. The summed E-state index contributed by atoms with van der Waals surface area (Å²) in [4.78, 5) is 31.9. The Kier molecular flexibility index (Phi) is 4.57. The Morgan fingerprint density at radius 1 is 1.25 bits per heavy atom. The smallest absolute Gasteiger partial charge is 0.358 e. The molecule has 2 aromatic heterocycles. The highest BCUT2D eigenvalue weighted by molar-refractivity contribution is 5.76. The van der Waals surface area contributed by atoms with Gasteiger partial charge in [-0.1, -0.05) is 0 Å². The van der Waals surface area contributed by atoms with Crippen LogP contribution in [0.4, 0.5) is 11.5 Å². The number of hydrogen-bond donors (Lipinski definition) is 1. The highest BCUT2D eigenvalue weighted by Gasteiger charge is 2.35. The van der Waals surface area contributed by atoms with Crippen LogP contribution in [0, 0.1) is 34.1 Å². The Hall–Kier alpha value is -3.31. The largest absolute Gasteiger partial charge is 0.468 e. The molecule has 0 aromatic carbocycles. The summed E-state index contributed by atoms with van der Waals surface area (Å²) in [5.41, 5.74) is 0.937. The van der Waals surface area contributed by atoms with E-state index < -0.39 is 27.3 Å². The van der Waals surface area contributed by atoms with Crippen LogP contribution < -0.4 is 5.32 Å². The zero-order valence-electron chi connectivity index (χ0n) is 13.2. The molecule has 2 aromatic rings. The Labute approximate surface area is 135 Å². The zero-order chi connectivity index (χ0) is 18.0. The first kappa shape index (κ1) is 17.1. The summed E-state index contributed by atoms with van der Waals surface area (Å²) in [6, 6.07) is 0. The minimum absolute atomic E-state index is 0.0561. The lowest BCUT2D eigenvalue weighted by atomic mass is 10.2. The minimum atomic E-state index is -0.946. The Morgan fingerprint density at radius 2 is 1.92 bits per heavy atom. The number of nitrogens with one attached hydrogen (secondary N) is 1. The van der Waals surface area contributed by atoms with Crippen LogP contribution in [0.3, 0.4) is 0 Å². The van der Waals surface area contributed by atoms with Gasteiger partial charge in [-0.2, -0.15) is 9.78 Å². The molecule has 0 fully saturated rings. The maximum Gasteiger partial charge on any atom is 0.468 e. The number of aryl methyl sites for hydroxylation is 1. The van der Waals surface area contributed by atoms with Crippen LogP contribution in [0.15, 0.2) is 6.20 Å². The third kappa shape index (κ3) is 3.21. The molecule has 12 nitrogen and oxygen atoms in total. The minimum Gasteiger partial charge on any atom is -0.358 e. The summed E-state index contributed by atoms with van der Waals surface area (Å²) in [5, 5.41) is 32.0. The molecule has 12 heteroatoms. The zero-order valence-corrected chi connectivity index (χ0v) is 13.2. The van der Waals surface area contributed by atoms with Crippen molar-refractivity contribution in [3.05, 3.63) is 43.4 Å². The van der Waals surface area contributed by atoms with Crippen molar-refractivity contribution in [2.75, 3.05) is 0 Å². The van der Waals surface area contributed by atoms with E-state index in [4.69, 9.17) is 0 Å². The number of nitrogens with zero attached hydrogens (tertiary/aromatic N) is 6. The molecule has 0 unspecified atom stereocenters. The van der Waals surface area contributed by atoms with Gasteiger partial charge in [-0.25, -0.2) is 0 Å². The molecular weight excluding hydrogens is 322 g/mol. The number of amides is 1. The molecule has 0 aliphatic rings. The van der Waals surface area contributed by atoms with E-state index in [1.165, 1.54) is 6.92 Å². The van der Waals surface area contributed by atoms with Gasteiger partial charge in [0.25, 0.3) is 0 Å². The first-order chi connectivity index (χ1) is 11.2. The molecular formula is C12H15N7O5. The number of hydrogen-bond acceptors (Lipinski definition) is 7. The van der Waals surface area contributed by atoms with Crippen molar-refractivity contribution >= 4 is 17.4 Å². The van der Waals surface area contributed by atoms with Crippen molar-refractivity contribution in [2.45, 2.75) is 26.9 Å². The van der Waals surface area contributed by atoms with Gasteiger partial charge in [-0.3, -0.25) is 19.6 Å². The number of carbonyl (C=O) groups is 1. The molecule has 128 valence electrons. The van der Waals surface area contributed by atoms with Crippen molar-refractivity contribution in [1.29, 1.82) is 0 Å². The van der Waals surface area contributed by atoms with Gasteiger partial charge < -0.3 is 15.4 Å². The van der Waals surface area contributed by atoms with Crippen molar-refractivity contribution in [1.82, 2.24) is 24.9 Å². The fourth-order valence-corrected chi connectivity index (χ4v) is 2.11. The van der Waals surface area contributed by atoms with Crippen LogP contribution >= 0.6 is 0 Å². The van der Waals surface area contributed by atoms with Gasteiger partial charge in [0.05, 0.1) is 16.2 Å². The second-order valence-corrected chi connectivity index (χ2v) is 5.09. The SMILES string of the molecule is Cc1c(CNC(=O)Cn2nc([N+](=O)[O-])c([N+](=O)[O-])c2C)cnn1C. The second kappa shape index (κ2) is 6.44. The summed E-state index contributed by atoms with van der Waals surface area (Å²) in [6.07, 6.45) is 1.62. The standard InChI is InChI=1S/C12H15N7O5/c1-7-9(5-14-16(7)3)4-13-10(20)6-17-8(2)11(18(21)22)12(15-17)19(23)24/h5H,4,6H2,1-3H3,(H,13,20). The molecule has 0 spiro atoms. The molecule has 0 bridgehead atoms. The summed E-state index contributed by atoms with van der Waals surface area (Å²) in [7, 11) is 1.77. The van der Waals surface area contributed by atoms with Gasteiger partial charge in [0.2, 0.25) is 5.91 Å². The maximum atomic E-state index is 12.0. The summed E-state index contributed by atoms with van der Waals surface area (Å²) in [5.74, 6) is -1.36. The average Bonchev–Trinajstić information content (AvgIpc) is 2.99. The molecule has 0 atom stereocenters. The van der Waals surface area contributed by atoms with Crippen LogP contribution in [-0.2, 0) is 24.9 Å². The predicted octanol–water partition coefficient (Wildman–Crippen LogP) is 0.366. The van der Waals surface area contributed by atoms with Gasteiger partial charge in [0.15, 0.2) is 0 Å². The van der Waals surface area contributed by atoms with Gasteiger partial charge in [0.1, 0.15) is 12.2 Å². The second-order valence-electron chi connectivity index (χ2n) is 5.09. The molecule has 2 heterocycles. The molecule has 1 amide bonds. The quantitative estimate of drug-likeness (QED) is 0.590. The fraction of sp³-hybridized carbons (Fsp3) is 0.417. The summed E-state index contributed by atoms with van der Waals surface area (Å²) in [6.45, 7) is 3.01. The highest BCUT2D eigenvalue weighted by atomic mass is 16.6. The molecule has 0 radical (unpaired) electrons. The van der Waals surface area contributed by atoms with Crippen molar-refractivity contribution in [3.8, 4) is 0 Å². The van der Waals surface area contributed by atoms with Gasteiger partial charge >= 0.3 is 11.5 Å². The van der Waals surface area contributed by atoms with E-state index in [9.17, 15) is 25.0 Å². The van der Waals surface area contributed by atoms with E-state index in [2.05, 4.69) is 15.5 Å². The number of aromatic nitrogens is 4. The third-order valence-corrected chi connectivity index (χ3v) is 3.62. The van der Waals surface area contributed by atoms with E-state index >= 15 is 0 Å². The normalized spacial score (nSPS) is 10.6. The van der Waals surface area contributed by atoms with Crippen LogP contribution in [-0.4, -0.2) is 35.3 Å². The van der Waals surface area contributed by atoms with Crippen molar-refractivity contribution in [2.24, 2.45) is 7.05 Å². The van der Waals surface area contributed by atoms with Crippen LogP contribution in [0.2, 0.25) is 0 Å². The number of carbonyl (C=O) groups excluding carboxylic acids is 1. The van der Waals surface area contributed by atoms with E-state index in [1.54, 1.807) is 17.9 Å². The average molecular weight is 337 g/mol. The molecule has 0 saturated carbocycles. The lowest BCUT2D eigenvalue weighted by Crippen LogP contribution is -2.28. The summed E-state index contributed by atoms with van der Waals surface area (Å²) < 4.78 is 2.60. The molecule has 0 aliphatic heterocycles. The van der Waals surface area contributed by atoms with Crippen LogP contribution in [0.25, 0.3) is 0 Å². The van der Waals surface area contributed by atoms with Crippen LogP contribution in [0.1, 0.15) is 17.0 Å². The molecule has 0 saturated heterocycles. The van der Waals surface area contributed by atoms with Gasteiger partial charge in [-0.05, 0) is 18.8 Å². The molecule has 1 N–H and O–H groups in total. The predicted molar refractivity (Wildman–Crippen MR) is 80.1 cm³/mol. The van der Waals surface area contributed by atoms with Crippen molar-refractivity contribution < 1.29 is 14.6 Å². The topological polar surface area (TPSA) is 151 Å². The van der Waals surface area contributed by atoms with Crippen LogP contribution in [0.5, 0.6) is 0 Å². The van der Waals surface area contributed by atoms with E-state index in [-0.39, 0.29) is 18.8 Å². The maximum absolute atomic E-state index is 12.0. The van der Waals surface area contributed by atoms with Gasteiger partial charge in [0, 0.05) is 24.8 Å². The first-order valence-corrected chi connectivity index (χ1v) is 6.82. The Bertz CT molecular complexity index is 822. The lowest BCUT2D eigenvalue weighted by molar-refractivity contribution is -0.424. The highest BCUT2D eigenvalue weighted by Crippen LogP contribution is 2.28. The summed E-state index contributed by atoms with van der Waals surface area (Å²) >= 11 is 0. The fourth-order valence-electron chi connectivity index (χ4n) is 2.11. The molecule has 0 aliphatic carbocycles. The van der Waals surface area contributed by atoms with Crippen molar-refractivity contribution in [3.63, 3.8) is 0 Å².